The predicted octanol–water partition coefficient (Wildman–Crippen LogP) is 2.15. The number of hydrogen-bond acceptors (Lipinski definition) is 4. The van der Waals surface area contributed by atoms with Crippen molar-refractivity contribution in [2.24, 2.45) is 0 Å². The normalized spacial score (nSPS) is 14.7. The van der Waals surface area contributed by atoms with E-state index in [-0.39, 0.29) is 18.2 Å². The number of likely N-dealkylation sites (N-methyl/N-ethyl adjacent to an activating group) is 1. The maximum absolute atomic E-state index is 12.2. The summed E-state index contributed by atoms with van der Waals surface area (Å²) in [6.45, 7) is 2.31. The average molecular weight is 306 g/mol. The Bertz CT molecular complexity index is 496. The molecule has 1 saturated heterocycles. The maximum Gasteiger partial charge on any atom is 0.236 e. The van der Waals surface area contributed by atoms with Crippen LogP contribution in [0.3, 0.4) is 0 Å². The summed E-state index contributed by atoms with van der Waals surface area (Å²) in [7, 11) is 1.82. The van der Waals surface area contributed by atoms with Gasteiger partial charge in [0, 0.05) is 23.5 Å². The van der Waals surface area contributed by atoms with Crippen LogP contribution in [-0.4, -0.2) is 61.0 Å². The third-order valence-electron chi connectivity index (χ3n) is 3.69. The number of Topliss-reactive ketones (excluding diaryl/α,β-unsaturated/α-hetero) is 1. The van der Waals surface area contributed by atoms with Crippen LogP contribution < -0.4 is 0 Å². The van der Waals surface area contributed by atoms with Crippen LogP contribution in [0.15, 0.2) is 29.2 Å². The van der Waals surface area contributed by atoms with Crippen LogP contribution in [0.5, 0.6) is 0 Å². The van der Waals surface area contributed by atoms with Crippen molar-refractivity contribution >= 4 is 23.5 Å². The summed E-state index contributed by atoms with van der Waals surface area (Å²) >= 11 is 1.65. The van der Waals surface area contributed by atoms with Crippen LogP contribution in [0.1, 0.15) is 23.2 Å². The Morgan fingerprint density at radius 2 is 1.76 bits per heavy atom. The number of amides is 1. The van der Waals surface area contributed by atoms with Gasteiger partial charge in [0.15, 0.2) is 5.78 Å². The van der Waals surface area contributed by atoms with Crippen molar-refractivity contribution < 1.29 is 9.59 Å². The van der Waals surface area contributed by atoms with Crippen molar-refractivity contribution in [2.75, 3.05) is 39.5 Å². The Hall–Kier alpha value is -1.33. The summed E-state index contributed by atoms with van der Waals surface area (Å²) < 4.78 is 0. The monoisotopic (exact) mass is 306 g/mol. The number of carbonyl (C=O) groups excluding carboxylic acids is 2. The molecule has 21 heavy (non-hydrogen) atoms. The number of benzene rings is 1. The summed E-state index contributed by atoms with van der Waals surface area (Å²) in [5, 5.41) is 0. The molecule has 2 rings (SSSR count). The first kappa shape index (κ1) is 16.0. The minimum absolute atomic E-state index is 0.0550. The van der Waals surface area contributed by atoms with E-state index in [1.54, 1.807) is 16.7 Å². The summed E-state index contributed by atoms with van der Waals surface area (Å²) in [6.07, 6.45) is 4.20. The van der Waals surface area contributed by atoms with E-state index in [1.165, 1.54) is 0 Å². The van der Waals surface area contributed by atoms with Gasteiger partial charge >= 0.3 is 0 Å². The molecule has 0 atom stereocenters. The highest BCUT2D eigenvalue weighted by atomic mass is 32.2. The van der Waals surface area contributed by atoms with E-state index in [9.17, 15) is 9.59 Å². The SMILES string of the molecule is CSc1ccc(C(=O)CN(C)CC(=O)N2CCCC2)cc1. The summed E-state index contributed by atoms with van der Waals surface area (Å²) in [5.41, 5.74) is 0.702. The third kappa shape index (κ3) is 4.58. The topological polar surface area (TPSA) is 40.6 Å². The summed E-state index contributed by atoms with van der Waals surface area (Å²) in [4.78, 5) is 29.0. The maximum atomic E-state index is 12.2. The molecule has 0 saturated carbocycles. The van der Waals surface area contributed by atoms with Gasteiger partial charge in [-0.15, -0.1) is 11.8 Å². The first-order chi connectivity index (χ1) is 10.1. The fourth-order valence-corrected chi connectivity index (χ4v) is 2.87. The van der Waals surface area contributed by atoms with Crippen molar-refractivity contribution in [1.29, 1.82) is 0 Å². The van der Waals surface area contributed by atoms with Gasteiger partial charge in [-0.3, -0.25) is 14.5 Å². The highest BCUT2D eigenvalue weighted by Crippen LogP contribution is 2.15. The molecule has 5 heteroatoms. The smallest absolute Gasteiger partial charge is 0.236 e. The van der Waals surface area contributed by atoms with Gasteiger partial charge in [0.05, 0.1) is 13.1 Å². The first-order valence-corrected chi connectivity index (χ1v) is 8.46. The van der Waals surface area contributed by atoms with E-state index in [0.717, 1.165) is 30.8 Å². The van der Waals surface area contributed by atoms with Gasteiger partial charge in [-0.1, -0.05) is 12.1 Å². The van der Waals surface area contributed by atoms with E-state index < -0.39 is 0 Å². The van der Waals surface area contributed by atoms with Crippen LogP contribution in [0.2, 0.25) is 0 Å². The zero-order chi connectivity index (χ0) is 15.2. The van der Waals surface area contributed by atoms with Crippen LogP contribution in [0.4, 0.5) is 0 Å². The molecule has 0 radical (unpaired) electrons. The Morgan fingerprint density at radius 3 is 2.33 bits per heavy atom. The van der Waals surface area contributed by atoms with Crippen molar-refractivity contribution in [1.82, 2.24) is 9.80 Å². The number of carbonyl (C=O) groups is 2. The molecule has 1 aromatic carbocycles. The number of ketones is 1. The highest BCUT2D eigenvalue weighted by molar-refractivity contribution is 7.98. The van der Waals surface area contributed by atoms with Crippen molar-refractivity contribution in [3.05, 3.63) is 29.8 Å². The zero-order valence-electron chi connectivity index (χ0n) is 12.7. The molecular weight excluding hydrogens is 284 g/mol. The van der Waals surface area contributed by atoms with Crippen molar-refractivity contribution in [3.8, 4) is 0 Å². The van der Waals surface area contributed by atoms with E-state index in [1.807, 2.05) is 42.5 Å². The summed E-state index contributed by atoms with van der Waals surface area (Å²) in [6, 6.07) is 7.61. The molecule has 1 aromatic rings. The molecular formula is C16H22N2O2S. The third-order valence-corrected chi connectivity index (χ3v) is 4.43. The lowest BCUT2D eigenvalue weighted by Crippen LogP contribution is -2.39. The Balaban J connectivity index is 1.84. The van der Waals surface area contributed by atoms with Gasteiger partial charge in [0.2, 0.25) is 5.91 Å². The molecule has 1 amide bonds. The molecule has 0 bridgehead atoms. The number of likely N-dealkylation sites (tertiary alicyclic amines) is 1. The molecule has 0 unspecified atom stereocenters. The quantitative estimate of drug-likeness (QED) is 0.596. The second-order valence-electron chi connectivity index (χ2n) is 5.41. The average Bonchev–Trinajstić information content (AvgIpc) is 3.01. The largest absolute Gasteiger partial charge is 0.342 e. The molecule has 114 valence electrons. The van der Waals surface area contributed by atoms with Gasteiger partial charge in [-0.2, -0.15) is 0 Å². The molecule has 4 nitrogen and oxygen atoms in total. The van der Waals surface area contributed by atoms with E-state index in [4.69, 9.17) is 0 Å². The lowest BCUT2D eigenvalue weighted by Gasteiger charge is -2.20. The lowest BCUT2D eigenvalue weighted by atomic mass is 10.1. The Labute approximate surface area is 130 Å². The van der Waals surface area contributed by atoms with Gasteiger partial charge < -0.3 is 4.90 Å². The highest BCUT2D eigenvalue weighted by Gasteiger charge is 2.20. The lowest BCUT2D eigenvalue weighted by molar-refractivity contribution is -0.130. The van der Waals surface area contributed by atoms with Gasteiger partial charge in [-0.05, 0) is 38.3 Å². The van der Waals surface area contributed by atoms with E-state index in [0.29, 0.717) is 12.1 Å². The predicted molar refractivity (Wildman–Crippen MR) is 85.9 cm³/mol. The standard InChI is InChI=1S/C16H22N2O2S/c1-17(12-16(20)18-9-3-4-10-18)11-15(19)13-5-7-14(21-2)8-6-13/h5-8H,3-4,9-12H2,1-2H3. The second-order valence-corrected chi connectivity index (χ2v) is 6.29. The van der Waals surface area contributed by atoms with Gasteiger partial charge in [0.1, 0.15) is 0 Å². The molecule has 1 aliphatic rings. The Kier molecular flexibility index (Phi) is 5.82. The summed E-state index contributed by atoms with van der Waals surface area (Å²) in [5.74, 6) is 0.180. The molecule has 1 aliphatic heterocycles. The van der Waals surface area contributed by atoms with E-state index in [2.05, 4.69) is 0 Å². The molecule has 0 spiro atoms. The zero-order valence-corrected chi connectivity index (χ0v) is 13.5. The number of rotatable bonds is 6. The van der Waals surface area contributed by atoms with E-state index >= 15 is 0 Å². The van der Waals surface area contributed by atoms with Crippen LogP contribution in [0.25, 0.3) is 0 Å². The fraction of sp³-hybridized carbons (Fsp3) is 0.500. The van der Waals surface area contributed by atoms with Gasteiger partial charge in [0.25, 0.3) is 0 Å². The number of hydrogen-bond donors (Lipinski definition) is 0. The fourth-order valence-electron chi connectivity index (χ4n) is 2.47. The number of nitrogens with zero attached hydrogens (tertiary/aromatic N) is 2. The van der Waals surface area contributed by atoms with Crippen molar-refractivity contribution in [2.45, 2.75) is 17.7 Å². The number of thioether (sulfide) groups is 1. The van der Waals surface area contributed by atoms with Crippen molar-refractivity contribution in [3.63, 3.8) is 0 Å². The minimum Gasteiger partial charge on any atom is -0.342 e. The second kappa shape index (κ2) is 7.61. The van der Waals surface area contributed by atoms with Crippen LogP contribution >= 0.6 is 11.8 Å². The molecule has 0 aromatic heterocycles. The van der Waals surface area contributed by atoms with Crippen LogP contribution in [0, 0.1) is 0 Å². The first-order valence-electron chi connectivity index (χ1n) is 7.23. The molecule has 1 heterocycles. The molecule has 0 aliphatic carbocycles. The Morgan fingerprint density at radius 1 is 1.14 bits per heavy atom. The van der Waals surface area contributed by atoms with Gasteiger partial charge in [-0.25, -0.2) is 0 Å². The van der Waals surface area contributed by atoms with Crippen LogP contribution in [-0.2, 0) is 4.79 Å². The minimum atomic E-state index is 0.0550. The molecule has 0 N–H and O–H groups in total. The molecule has 1 fully saturated rings.